The summed E-state index contributed by atoms with van der Waals surface area (Å²) in [5, 5.41) is 3.12. The average molecular weight is 344 g/mol. The Kier molecular flexibility index (Phi) is 6.26. The maximum atomic E-state index is 12.6. The van der Waals surface area contributed by atoms with Crippen molar-refractivity contribution in [3.8, 4) is 0 Å². The minimum atomic E-state index is 0.00288. The molecule has 1 heterocycles. The first kappa shape index (κ1) is 19.5. The van der Waals surface area contributed by atoms with E-state index in [4.69, 9.17) is 0 Å². The van der Waals surface area contributed by atoms with Crippen LogP contribution in [0.1, 0.15) is 75.7 Å². The van der Waals surface area contributed by atoms with Crippen molar-refractivity contribution in [3.05, 3.63) is 35.4 Å². The fourth-order valence-electron chi connectivity index (χ4n) is 3.18. The van der Waals surface area contributed by atoms with Crippen LogP contribution in [0.25, 0.3) is 0 Å². The Bertz CT molecular complexity index is 591. The number of rotatable bonds is 4. The smallest absolute Gasteiger partial charge is 0.253 e. The molecule has 0 radical (unpaired) electrons. The van der Waals surface area contributed by atoms with Crippen molar-refractivity contribution in [1.29, 1.82) is 0 Å². The molecule has 0 unspecified atom stereocenters. The van der Waals surface area contributed by atoms with Gasteiger partial charge in [-0.1, -0.05) is 46.8 Å². The van der Waals surface area contributed by atoms with Crippen LogP contribution in [0.15, 0.2) is 24.3 Å². The summed E-state index contributed by atoms with van der Waals surface area (Å²) < 4.78 is 0. The molecule has 2 rings (SSSR count). The molecule has 4 heteroatoms. The van der Waals surface area contributed by atoms with Gasteiger partial charge in [-0.3, -0.25) is 9.59 Å². The van der Waals surface area contributed by atoms with E-state index in [1.54, 1.807) is 0 Å². The predicted octanol–water partition coefficient (Wildman–Crippen LogP) is 3.97. The lowest BCUT2D eigenvalue weighted by atomic mass is 9.91. The monoisotopic (exact) mass is 344 g/mol. The van der Waals surface area contributed by atoms with Crippen molar-refractivity contribution in [2.75, 3.05) is 13.1 Å². The molecule has 0 aromatic heterocycles. The summed E-state index contributed by atoms with van der Waals surface area (Å²) in [5.74, 6) is 0.674. The number of benzene rings is 1. The van der Waals surface area contributed by atoms with E-state index in [0.29, 0.717) is 25.4 Å². The van der Waals surface area contributed by atoms with Crippen LogP contribution in [-0.4, -0.2) is 35.8 Å². The Morgan fingerprint density at radius 3 is 2.16 bits per heavy atom. The van der Waals surface area contributed by atoms with Crippen molar-refractivity contribution >= 4 is 11.8 Å². The molecule has 1 saturated heterocycles. The molecule has 25 heavy (non-hydrogen) atoms. The van der Waals surface area contributed by atoms with Gasteiger partial charge in [-0.25, -0.2) is 0 Å². The number of nitrogens with one attached hydrogen (secondary N) is 1. The Labute approximate surface area is 152 Å². The summed E-state index contributed by atoms with van der Waals surface area (Å²) in [7, 11) is 0. The molecular weight excluding hydrogens is 312 g/mol. The second kappa shape index (κ2) is 8.03. The third kappa shape index (κ3) is 5.87. The lowest BCUT2D eigenvalue weighted by molar-refractivity contribution is -0.123. The molecule has 1 aliphatic heterocycles. The second-order valence-corrected chi connectivity index (χ2v) is 8.65. The molecule has 1 fully saturated rings. The standard InChI is InChI=1S/C21H32N2O2/c1-15(2)16-6-8-17(9-7-16)20(25)23-12-10-18(11-13-23)22-19(24)14-21(3,4)5/h6-9,15,18H,10-14H2,1-5H3,(H,22,24). The van der Waals surface area contributed by atoms with E-state index in [1.807, 2.05) is 29.2 Å². The maximum absolute atomic E-state index is 12.6. The van der Waals surface area contributed by atoms with Crippen LogP contribution in [0.2, 0.25) is 0 Å². The summed E-state index contributed by atoms with van der Waals surface area (Å²) in [6.07, 6.45) is 2.19. The number of carbonyl (C=O) groups excluding carboxylic acids is 2. The quantitative estimate of drug-likeness (QED) is 0.898. The molecule has 0 atom stereocenters. The number of nitrogens with zero attached hydrogens (tertiary/aromatic N) is 1. The van der Waals surface area contributed by atoms with E-state index in [2.05, 4.69) is 39.9 Å². The molecule has 0 spiro atoms. The first-order valence-corrected chi connectivity index (χ1v) is 9.34. The molecule has 4 nitrogen and oxygen atoms in total. The SMILES string of the molecule is CC(C)c1ccc(C(=O)N2CCC(NC(=O)CC(C)(C)C)CC2)cc1. The van der Waals surface area contributed by atoms with Crippen LogP contribution < -0.4 is 5.32 Å². The van der Waals surface area contributed by atoms with Crippen LogP contribution >= 0.6 is 0 Å². The number of carbonyl (C=O) groups is 2. The Morgan fingerprint density at radius 1 is 1.12 bits per heavy atom. The molecule has 1 aliphatic rings. The maximum Gasteiger partial charge on any atom is 0.253 e. The van der Waals surface area contributed by atoms with Gasteiger partial charge in [0.1, 0.15) is 0 Å². The molecule has 0 saturated carbocycles. The van der Waals surface area contributed by atoms with Gasteiger partial charge in [-0.15, -0.1) is 0 Å². The van der Waals surface area contributed by atoms with E-state index in [9.17, 15) is 9.59 Å². The van der Waals surface area contributed by atoms with Gasteiger partial charge in [0.05, 0.1) is 0 Å². The van der Waals surface area contributed by atoms with Gasteiger partial charge in [0.2, 0.25) is 5.91 Å². The number of hydrogen-bond acceptors (Lipinski definition) is 2. The number of likely N-dealkylation sites (tertiary alicyclic amines) is 1. The fraction of sp³-hybridized carbons (Fsp3) is 0.619. The highest BCUT2D eigenvalue weighted by Gasteiger charge is 2.25. The van der Waals surface area contributed by atoms with Crippen LogP contribution in [0, 0.1) is 5.41 Å². The minimum absolute atomic E-state index is 0.00288. The second-order valence-electron chi connectivity index (χ2n) is 8.65. The van der Waals surface area contributed by atoms with Gasteiger partial charge in [0, 0.05) is 31.1 Å². The zero-order valence-corrected chi connectivity index (χ0v) is 16.3. The Hall–Kier alpha value is -1.84. The number of piperidine rings is 1. The van der Waals surface area contributed by atoms with Crippen LogP contribution in [0.4, 0.5) is 0 Å². The van der Waals surface area contributed by atoms with Crippen LogP contribution in [-0.2, 0) is 4.79 Å². The van der Waals surface area contributed by atoms with E-state index in [1.165, 1.54) is 5.56 Å². The van der Waals surface area contributed by atoms with Gasteiger partial charge in [-0.05, 0) is 41.9 Å². The number of amides is 2. The zero-order chi connectivity index (χ0) is 18.6. The normalized spacial score (nSPS) is 16.2. The van der Waals surface area contributed by atoms with E-state index in [0.717, 1.165) is 18.4 Å². The molecule has 2 amide bonds. The van der Waals surface area contributed by atoms with Crippen molar-refractivity contribution < 1.29 is 9.59 Å². The molecular formula is C21H32N2O2. The third-order valence-electron chi connectivity index (χ3n) is 4.66. The summed E-state index contributed by atoms with van der Waals surface area (Å²) in [4.78, 5) is 26.6. The van der Waals surface area contributed by atoms with Gasteiger partial charge in [-0.2, -0.15) is 0 Å². The molecule has 1 aromatic rings. The summed E-state index contributed by atoms with van der Waals surface area (Å²) in [6.45, 7) is 11.9. The lowest BCUT2D eigenvalue weighted by Gasteiger charge is -2.33. The van der Waals surface area contributed by atoms with Gasteiger partial charge in [0.15, 0.2) is 0 Å². The zero-order valence-electron chi connectivity index (χ0n) is 16.3. The highest BCUT2D eigenvalue weighted by atomic mass is 16.2. The molecule has 1 N–H and O–H groups in total. The van der Waals surface area contributed by atoms with Crippen molar-refractivity contribution in [2.45, 2.75) is 65.8 Å². The first-order valence-electron chi connectivity index (χ1n) is 9.34. The topological polar surface area (TPSA) is 49.4 Å². The van der Waals surface area contributed by atoms with Crippen molar-refractivity contribution in [2.24, 2.45) is 5.41 Å². The minimum Gasteiger partial charge on any atom is -0.353 e. The van der Waals surface area contributed by atoms with E-state index >= 15 is 0 Å². The van der Waals surface area contributed by atoms with Gasteiger partial charge < -0.3 is 10.2 Å². The van der Waals surface area contributed by atoms with E-state index in [-0.39, 0.29) is 23.3 Å². The van der Waals surface area contributed by atoms with Crippen LogP contribution in [0.3, 0.4) is 0 Å². The largest absolute Gasteiger partial charge is 0.353 e. The third-order valence-corrected chi connectivity index (χ3v) is 4.66. The summed E-state index contributed by atoms with van der Waals surface area (Å²) in [6, 6.07) is 8.11. The summed E-state index contributed by atoms with van der Waals surface area (Å²) in [5.41, 5.74) is 2.00. The Morgan fingerprint density at radius 2 is 1.68 bits per heavy atom. The van der Waals surface area contributed by atoms with Crippen LogP contribution in [0.5, 0.6) is 0 Å². The Balaban J connectivity index is 1.85. The first-order chi connectivity index (χ1) is 11.7. The van der Waals surface area contributed by atoms with E-state index < -0.39 is 0 Å². The average Bonchev–Trinajstić information content (AvgIpc) is 2.53. The van der Waals surface area contributed by atoms with Crippen molar-refractivity contribution in [1.82, 2.24) is 10.2 Å². The number of hydrogen-bond donors (Lipinski definition) is 1. The molecule has 0 bridgehead atoms. The van der Waals surface area contributed by atoms with Crippen molar-refractivity contribution in [3.63, 3.8) is 0 Å². The predicted molar refractivity (Wildman–Crippen MR) is 102 cm³/mol. The molecule has 0 aliphatic carbocycles. The van der Waals surface area contributed by atoms with Gasteiger partial charge in [0.25, 0.3) is 5.91 Å². The molecule has 1 aromatic carbocycles. The lowest BCUT2D eigenvalue weighted by Crippen LogP contribution is -2.47. The highest BCUT2D eigenvalue weighted by Crippen LogP contribution is 2.20. The highest BCUT2D eigenvalue weighted by molar-refractivity contribution is 5.94. The summed E-state index contributed by atoms with van der Waals surface area (Å²) >= 11 is 0. The fourth-order valence-corrected chi connectivity index (χ4v) is 3.18. The molecule has 138 valence electrons. The van der Waals surface area contributed by atoms with Gasteiger partial charge >= 0.3 is 0 Å².